The zero-order valence-electron chi connectivity index (χ0n) is 18.5. The van der Waals surface area contributed by atoms with E-state index in [4.69, 9.17) is 14.2 Å². The number of nitrogens with one attached hydrogen (secondary N) is 1. The summed E-state index contributed by atoms with van der Waals surface area (Å²) in [4.78, 5) is 23.2. The van der Waals surface area contributed by atoms with Gasteiger partial charge in [-0.05, 0) is 39.0 Å². The van der Waals surface area contributed by atoms with E-state index in [1.165, 1.54) is 0 Å². The van der Waals surface area contributed by atoms with Crippen LogP contribution in [-0.4, -0.2) is 69.0 Å². The first-order valence-corrected chi connectivity index (χ1v) is 11.9. The number of halogens is 6. The standard InChI is InChI=1S/C19H25F6NO8S/c1-11(20)15(27)33-13-6-4-12(5-7-13)26-16(28)19(24,25)35(29,30)34-14(18(21,22)23)10-17(2)31-8-3-9-32-17/h12-14H,1,3-10H2,2H3,(H,26,28). The number of ether oxygens (including phenoxy) is 3. The number of rotatable bonds is 9. The molecule has 0 aromatic heterocycles. The molecule has 1 amide bonds. The number of carbonyl (C=O) groups is 2. The Morgan fingerprint density at radius 1 is 1.11 bits per heavy atom. The van der Waals surface area contributed by atoms with Crippen molar-refractivity contribution in [2.24, 2.45) is 0 Å². The minimum atomic E-state index is -6.40. The van der Waals surface area contributed by atoms with Gasteiger partial charge in [-0.25, -0.2) is 4.79 Å². The molecule has 1 aliphatic carbocycles. The summed E-state index contributed by atoms with van der Waals surface area (Å²) in [6.07, 6.45) is -10.5. The molecule has 35 heavy (non-hydrogen) atoms. The molecule has 0 spiro atoms. The van der Waals surface area contributed by atoms with E-state index < -0.39 is 69.7 Å². The highest BCUT2D eigenvalue weighted by atomic mass is 32.2. The highest BCUT2D eigenvalue weighted by Crippen LogP contribution is 2.37. The van der Waals surface area contributed by atoms with Gasteiger partial charge < -0.3 is 19.5 Å². The minimum absolute atomic E-state index is 0.00360. The Balaban J connectivity index is 2.02. The van der Waals surface area contributed by atoms with E-state index in [9.17, 15) is 44.3 Å². The Hall–Kier alpha value is -1.91. The maximum atomic E-state index is 14.4. The molecule has 0 bridgehead atoms. The van der Waals surface area contributed by atoms with Crippen molar-refractivity contribution in [1.82, 2.24) is 5.32 Å². The Morgan fingerprint density at radius 2 is 1.66 bits per heavy atom. The number of alkyl halides is 5. The zero-order valence-corrected chi connectivity index (χ0v) is 19.4. The van der Waals surface area contributed by atoms with E-state index in [0.717, 1.165) is 6.92 Å². The summed E-state index contributed by atoms with van der Waals surface area (Å²) in [5.41, 5.74) is 0. The fraction of sp³-hybridized carbons (Fsp3) is 0.789. The number of carbonyl (C=O) groups excluding carboxylic acids is 2. The second kappa shape index (κ2) is 11.0. The quantitative estimate of drug-likeness (QED) is 0.205. The summed E-state index contributed by atoms with van der Waals surface area (Å²) in [5.74, 6) is -6.96. The summed E-state index contributed by atoms with van der Waals surface area (Å²) in [7, 11) is -6.40. The second-order valence-electron chi connectivity index (χ2n) is 8.24. The van der Waals surface area contributed by atoms with Crippen LogP contribution in [0.25, 0.3) is 0 Å². The molecule has 202 valence electrons. The van der Waals surface area contributed by atoms with Crippen molar-refractivity contribution in [3.8, 4) is 0 Å². The molecule has 0 aromatic rings. The lowest BCUT2D eigenvalue weighted by Crippen LogP contribution is -2.53. The Kier molecular flexibility index (Phi) is 9.22. The van der Waals surface area contributed by atoms with Gasteiger partial charge in [0.25, 0.3) is 0 Å². The van der Waals surface area contributed by atoms with Gasteiger partial charge in [0.05, 0.1) is 13.2 Å². The van der Waals surface area contributed by atoms with Crippen molar-refractivity contribution in [3.63, 3.8) is 0 Å². The molecule has 1 aliphatic heterocycles. The van der Waals surface area contributed by atoms with Crippen molar-refractivity contribution in [3.05, 3.63) is 12.4 Å². The van der Waals surface area contributed by atoms with Gasteiger partial charge in [0.2, 0.25) is 5.83 Å². The third-order valence-electron chi connectivity index (χ3n) is 5.35. The molecule has 16 heteroatoms. The lowest BCUT2D eigenvalue weighted by molar-refractivity contribution is -0.288. The van der Waals surface area contributed by atoms with Gasteiger partial charge in [-0.15, -0.1) is 0 Å². The molecule has 1 heterocycles. The highest BCUT2D eigenvalue weighted by molar-refractivity contribution is 7.88. The van der Waals surface area contributed by atoms with Crippen LogP contribution in [0.5, 0.6) is 0 Å². The molecule has 9 nitrogen and oxygen atoms in total. The maximum Gasteiger partial charge on any atom is 0.446 e. The first kappa shape index (κ1) is 29.3. The largest absolute Gasteiger partial charge is 0.457 e. The van der Waals surface area contributed by atoms with Gasteiger partial charge in [0.15, 0.2) is 11.9 Å². The monoisotopic (exact) mass is 541 g/mol. The van der Waals surface area contributed by atoms with Crippen LogP contribution in [-0.2, 0) is 38.1 Å². The molecule has 1 N–H and O–H groups in total. The van der Waals surface area contributed by atoms with Gasteiger partial charge in [0, 0.05) is 12.5 Å². The molecule has 1 saturated carbocycles. The van der Waals surface area contributed by atoms with Crippen LogP contribution < -0.4 is 5.32 Å². The lowest BCUT2D eigenvalue weighted by Gasteiger charge is -2.36. The van der Waals surface area contributed by atoms with Crippen LogP contribution in [0, 0.1) is 0 Å². The molecule has 2 fully saturated rings. The first-order valence-electron chi connectivity index (χ1n) is 10.5. The SMILES string of the molecule is C=C(F)C(=O)OC1CCC(NC(=O)C(F)(F)S(=O)(=O)OC(CC2(C)OCCCO2)C(F)(F)F)CC1. The molecule has 1 unspecified atom stereocenters. The van der Waals surface area contributed by atoms with E-state index in [-0.39, 0.29) is 38.9 Å². The van der Waals surface area contributed by atoms with Crippen molar-refractivity contribution >= 4 is 22.0 Å². The van der Waals surface area contributed by atoms with Gasteiger partial charge in [0.1, 0.15) is 6.10 Å². The second-order valence-corrected chi connectivity index (χ2v) is 9.86. The number of hydrogen-bond donors (Lipinski definition) is 1. The Labute approximate surface area is 197 Å². The van der Waals surface area contributed by atoms with Crippen LogP contribution in [0.1, 0.15) is 45.4 Å². The van der Waals surface area contributed by atoms with Crippen molar-refractivity contribution in [2.75, 3.05) is 13.2 Å². The van der Waals surface area contributed by atoms with Crippen LogP contribution in [0.2, 0.25) is 0 Å². The van der Waals surface area contributed by atoms with E-state index in [2.05, 4.69) is 10.8 Å². The van der Waals surface area contributed by atoms with E-state index >= 15 is 0 Å². The Morgan fingerprint density at radius 3 is 2.14 bits per heavy atom. The van der Waals surface area contributed by atoms with Gasteiger partial charge in [-0.1, -0.05) is 6.58 Å². The van der Waals surface area contributed by atoms with Crippen molar-refractivity contribution in [1.29, 1.82) is 0 Å². The number of amides is 1. The molecular weight excluding hydrogens is 516 g/mol. The van der Waals surface area contributed by atoms with Crippen LogP contribution in [0.15, 0.2) is 12.4 Å². The zero-order chi connectivity index (χ0) is 26.7. The minimum Gasteiger partial charge on any atom is -0.457 e. The molecule has 1 saturated heterocycles. The van der Waals surface area contributed by atoms with E-state index in [1.807, 2.05) is 0 Å². The summed E-state index contributed by atoms with van der Waals surface area (Å²) in [6, 6.07) is -1.01. The fourth-order valence-electron chi connectivity index (χ4n) is 3.47. The maximum absolute atomic E-state index is 14.4. The summed E-state index contributed by atoms with van der Waals surface area (Å²) in [6.45, 7) is 3.83. The number of esters is 1. The predicted molar refractivity (Wildman–Crippen MR) is 105 cm³/mol. The molecule has 0 radical (unpaired) electrons. The van der Waals surface area contributed by atoms with Gasteiger partial charge >= 0.3 is 33.4 Å². The summed E-state index contributed by atoms with van der Waals surface area (Å²) in [5, 5.41) is -3.61. The summed E-state index contributed by atoms with van der Waals surface area (Å²) < 4.78 is 125. The smallest absolute Gasteiger partial charge is 0.446 e. The van der Waals surface area contributed by atoms with Gasteiger partial charge in [-0.3, -0.25) is 8.98 Å². The van der Waals surface area contributed by atoms with Crippen molar-refractivity contribution < 1.29 is 62.7 Å². The predicted octanol–water partition coefficient (Wildman–Crippen LogP) is 2.85. The van der Waals surface area contributed by atoms with E-state index in [1.54, 1.807) is 5.32 Å². The van der Waals surface area contributed by atoms with Crippen LogP contribution in [0.4, 0.5) is 26.3 Å². The third kappa shape index (κ3) is 7.79. The molecule has 1 atom stereocenters. The molecule has 2 rings (SSSR count). The van der Waals surface area contributed by atoms with Crippen molar-refractivity contribution in [2.45, 2.75) is 80.9 Å². The van der Waals surface area contributed by atoms with Gasteiger partial charge in [-0.2, -0.15) is 34.8 Å². The highest BCUT2D eigenvalue weighted by Gasteiger charge is 2.59. The third-order valence-corrected chi connectivity index (χ3v) is 6.65. The molecule has 0 aromatic carbocycles. The average molecular weight is 541 g/mol. The van der Waals surface area contributed by atoms with Crippen LogP contribution >= 0.6 is 0 Å². The van der Waals surface area contributed by atoms with Crippen LogP contribution in [0.3, 0.4) is 0 Å². The Bertz CT molecular complexity index is 896. The number of hydrogen-bond acceptors (Lipinski definition) is 8. The van der Waals surface area contributed by atoms with E-state index in [0.29, 0.717) is 6.42 Å². The topological polar surface area (TPSA) is 117 Å². The molecular formula is C19H25F6NO8S. The fourth-order valence-corrected chi connectivity index (χ4v) is 4.36. The first-order chi connectivity index (χ1) is 16.0. The normalized spacial score (nSPS) is 24.3. The average Bonchev–Trinajstić information content (AvgIpc) is 2.74. The summed E-state index contributed by atoms with van der Waals surface area (Å²) >= 11 is 0. The molecule has 2 aliphatic rings. The lowest BCUT2D eigenvalue weighted by atomic mass is 9.93.